The Balaban J connectivity index is 1.79. The number of benzene rings is 2. The molecule has 0 spiro atoms. The van der Waals surface area contributed by atoms with E-state index in [2.05, 4.69) is 5.32 Å². The zero-order valence-electron chi connectivity index (χ0n) is 14.6. The minimum Gasteiger partial charge on any atom is -0.492 e. The van der Waals surface area contributed by atoms with Gasteiger partial charge in [-0.25, -0.2) is 8.42 Å². The van der Waals surface area contributed by atoms with Gasteiger partial charge in [-0.15, -0.1) is 0 Å². The van der Waals surface area contributed by atoms with Gasteiger partial charge >= 0.3 is 0 Å². The highest BCUT2D eigenvalue weighted by Gasteiger charge is 2.10. The monoisotopic (exact) mass is 396 g/mol. The fraction of sp³-hybridized carbons (Fsp3) is 0.278. The molecule has 0 saturated carbocycles. The van der Waals surface area contributed by atoms with Crippen molar-refractivity contribution in [3.05, 3.63) is 53.6 Å². The highest BCUT2D eigenvalue weighted by atomic mass is 35.5. The SMILES string of the molecule is CN(CCOc1ccc(Cl)cc1)CC(=O)Nc1cccc(S(C)(=O)=O)c1. The van der Waals surface area contributed by atoms with Crippen molar-refractivity contribution in [3.8, 4) is 5.75 Å². The number of anilines is 1. The molecule has 0 saturated heterocycles. The molecule has 0 aliphatic rings. The molecule has 140 valence electrons. The molecule has 0 unspecified atom stereocenters. The van der Waals surface area contributed by atoms with Crippen molar-refractivity contribution in [2.75, 3.05) is 38.3 Å². The van der Waals surface area contributed by atoms with Gasteiger partial charge in [-0.1, -0.05) is 17.7 Å². The molecule has 0 fully saturated rings. The third-order valence-electron chi connectivity index (χ3n) is 3.51. The molecule has 0 atom stereocenters. The first kappa shape index (κ1) is 20.2. The van der Waals surface area contributed by atoms with Gasteiger partial charge in [0.05, 0.1) is 11.4 Å². The number of carbonyl (C=O) groups excluding carboxylic acids is 1. The van der Waals surface area contributed by atoms with Crippen LogP contribution >= 0.6 is 11.6 Å². The number of hydrogen-bond acceptors (Lipinski definition) is 5. The zero-order chi connectivity index (χ0) is 19.2. The minimum atomic E-state index is -3.31. The van der Waals surface area contributed by atoms with Crippen LogP contribution in [0.2, 0.25) is 5.02 Å². The Morgan fingerprint density at radius 1 is 1.19 bits per heavy atom. The molecule has 8 heteroatoms. The van der Waals surface area contributed by atoms with Crippen molar-refractivity contribution < 1.29 is 17.9 Å². The van der Waals surface area contributed by atoms with Crippen molar-refractivity contribution in [2.45, 2.75) is 4.90 Å². The van der Waals surface area contributed by atoms with Crippen LogP contribution < -0.4 is 10.1 Å². The van der Waals surface area contributed by atoms with Gasteiger partial charge in [-0.05, 0) is 49.5 Å². The summed E-state index contributed by atoms with van der Waals surface area (Å²) < 4.78 is 28.7. The van der Waals surface area contributed by atoms with Crippen LogP contribution in [0.5, 0.6) is 5.75 Å². The molecular formula is C18H21ClN2O4S. The van der Waals surface area contributed by atoms with Crippen LogP contribution in [0.4, 0.5) is 5.69 Å². The summed E-state index contributed by atoms with van der Waals surface area (Å²) in [7, 11) is -1.51. The van der Waals surface area contributed by atoms with Gasteiger partial charge in [0.2, 0.25) is 5.91 Å². The van der Waals surface area contributed by atoms with E-state index >= 15 is 0 Å². The van der Waals surface area contributed by atoms with Crippen LogP contribution in [0.25, 0.3) is 0 Å². The molecule has 0 aliphatic carbocycles. The molecule has 2 rings (SSSR count). The van der Waals surface area contributed by atoms with Crippen molar-refractivity contribution in [2.24, 2.45) is 0 Å². The number of rotatable bonds is 8. The zero-order valence-corrected chi connectivity index (χ0v) is 16.2. The lowest BCUT2D eigenvalue weighted by Gasteiger charge is -2.17. The molecule has 26 heavy (non-hydrogen) atoms. The maximum atomic E-state index is 12.1. The number of hydrogen-bond donors (Lipinski definition) is 1. The average molecular weight is 397 g/mol. The second-order valence-corrected chi connectivity index (χ2v) is 8.34. The van der Waals surface area contributed by atoms with Gasteiger partial charge in [0.1, 0.15) is 12.4 Å². The second kappa shape index (κ2) is 9.02. The number of sulfone groups is 1. The predicted octanol–water partition coefficient (Wildman–Crippen LogP) is 2.69. The fourth-order valence-corrected chi connectivity index (χ4v) is 2.97. The third kappa shape index (κ3) is 6.67. The molecule has 6 nitrogen and oxygen atoms in total. The maximum absolute atomic E-state index is 12.1. The molecule has 1 amide bonds. The summed E-state index contributed by atoms with van der Waals surface area (Å²) in [5, 5.41) is 3.34. The number of halogens is 1. The van der Waals surface area contributed by atoms with Crippen LogP contribution in [0.1, 0.15) is 0 Å². The summed E-state index contributed by atoms with van der Waals surface area (Å²) >= 11 is 5.81. The summed E-state index contributed by atoms with van der Waals surface area (Å²) in [4.78, 5) is 14.1. The molecule has 2 aromatic carbocycles. The Hall–Kier alpha value is -2.09. The highest BCUT2D eigenvalue weighted by Crippen LogP contribution is 2.16. The van der Waals surface area contributed by atoms with E-state index in [1.54, 1.807) is 43.4 Å². The normalized spacial score (nSPS) is 11.4. The van der Waals surface area contributed by atoms with Gasteiger partial charge in [0.25, 0.3) is 0 Å². The van der Waals surface area contributed by atoms with E-state index in [4.69, 9.17) is 16.3 Å². The third-order valence-corrected chi connectivity index (χ3v) is 4.88. The standard InChI is InChI=1S/C18H21ClN2O4S/c1-21(10-11-25-16-8-6-14(19)7-9-16)13-18(22)20-15-4-3-5-17(12-15)26(2,23)24/h3-9,12H,10-11,13H2,1-2H3,(H,20,22). The number of carbonyl (C=O) groups is 1. The number of ether oxygens (including phenoxy) is 1. The smallest absolute Gasteiger partial charge is 0.238 e. The Morgan fingerprint density at radius 2 is 1.88 bits per heavy atom. The van der Waals surface area contributed by atoms with E-state index in [1.807, 2.05) is 4.90 Å². The Bertz CT molecular complexity index is 854. The quantitative estimate of drug-likeness (QED) is 0.742. The number of amides is 1. The average Bonchev–Trinajstić information content (AvgIpc) is 2.56. The van der Waals surface area contributed by atoms with E-state index in [1.165, 1.54) is 12.1 Å². The topological polar surface area (TPSA) is 75.7 Å². The van der Waals surface area contributed by atoms with Crippen LogP contribution in [0.15, 0.2) is 53.4 Å². The Kier molecular flexibility index (Phi) is 7.02. The molecular weight excluding hydrogens is 376 g/mol. The largest absolute Gasteiger partial charge is 0.492 e. The molecule has 0 aliphatic heterocycles. The van der Waals surface area contributed by atoms with Crippen molar-refractivity contribution in [1.29, 1.82) is 0 Å². The van der Waals surface area contributed by atoms with Crippen molar-refractivity contribution in [3.63, 3.8) is 0 Å². The predicted molar refractivity (Wildman–Crippen MR) is 103 cm³/mol. The van der Waals surface area contributed by atoms with Crippen LogP contribution in [0, 0.1) is 0 Å². The lowest BCUT2D eigenvalue weighted by atomic mass is 10.3. The molecule has 0 aromatic heterocycles. The summed E-state index contributed by atoms with van der Waals surface area (Å²) in [6.07, 6.45) is 1.13. The fourth-order valence-electron chi connectivity index (χ4n) is 2.18. The molecule has 0 radical (unpaired) electrons. The van der Waals surface area contributed by atoms with E-state index < -0.39 is 9.84 Å². The summed E-state index contributed by atoms with van der Waals surface area (Å²) in [6.45, 7) is 1.14. The van der Waals surface area contributed by atoms with E-state index in [0.29, 0.717) is 29.6 Å². The second-order valence-electron chi connectivity index (χ2n) is 5.89. The van der Waals surface area contributed by atoms with Crippen molar-refractivity contribution >= 4 is 33.0 Å². The molecule has 0 bridgehead atoms. The first-order chi connectivity index (χ1) is 12.2. The van der Waals surface area contributed by atoms with Crippen LogP contribution in [0.3, 0.4) is 0 Å². The van der Waals surface area contributed by atoms with E-state index in [0.717, 1.165) is 6.26 Å². The van der Waals surface area contributed by atoms with Crippen LogP contribution in [-0.2, 0) is 14.6 Å². The van der Waals surface area contributed by atoms with Gasteiger partial charge in [0, 0.05) is 23.5 Å². The number of nitrogens with zero attached hydrogens (tertiary/aromatic N) is 1. The summed E-state index contributed by atoms with van der Waals surface area (Å²) in [6, 6.07) is 13.2. The lowest BCUT2D eigenvalue weighted by Crippen LogP contribution is -2.33. The Morgan fingerprint density at radius 3 is 2.54 bits per heavy atom. The van der Waals surface area contributed by atoms with Crippen LogP contribution in [-0.4, -0.2) is 52.2 Å². The molecule has 0 heterocycles. The lowest BCUT2D eigenvalue weighted by molar-refractivity contribution is -0.117. The van der Waals surface area contributed by atoms with E-state index in [9.17, 15) is 13.2 Å². The number of nitrogens with one attached hydrogen (secondary N) is 1. The van der Waals surface area contributed by atoms with Gasteiger partial charge in [-0.3, -0.25) is 9.69 Å². The first-order valence-electron chi connectivity index (χ1n) is 7.91. The minimum absolute atomic E-state index is 0.160. The molecule has 2 aromatic rings. The molecule has 1 N–H and O–H groups in total. The number of likely N-dealkylation sites (N-methyl/N-ethyl adjacent to an activating group) is 1. The van der Waals surface area contributed by atoms with Gasteiger partial charge in [0.15, 0.2) is 9.84 Å². The maximum Gasteiger partial charge on any atom is 0.238 e. The first-order valence-corrected chi connectivity index (χ1v) is 10.2. The van der Waals surface area contributed by atoms with E-state index in [-0.39, 0.29) is 17.3 Å². The summed E-state index contributed by atoms with van der Waals surface area (Å²) in [5.41, 5.74) is 0.448. The Labute approximate surface area is 158 Å². The summed E-state index contributed by atoms with van der Waals surface area (Å²) in [5.74, 6) is 0.481. The van der Waals surface area contributed by atoms with Gasteiger partial charge in [-0.2, -0.15) is 0 Å². The van der Waals surface area contributed by atoms with Crippen molar-refractivity contribution in [1.82, 2.24) is 4.90 Å². The highest BCUT2D eigenvalue weighted by molar-refractivity contribution is 7.90. The van der Waals surface area contributed by atoms with Gasteiger partial charge < -0.3 is 10.1 Å².